The number of hydrogen-bond acceptors (Lipinski definition) is 6. The molecule has 0 aliphatic carbocycles. The number of nitrogens with zero attached hydrogens (tertiary/aromatic N) is 5. The lowest BCUT2D eigenvalue weighted by Crippen LogP contribution is -2.27. The second-order valence-corrected chi connectivity index (χ2v) is 6.51. The molecule has 3 heterocycles. The highest BCUT2D eigenvalue weighted by Gasteiger charge is 2.17. The number of anilines is 2. The monoisotopic (exact) mass is 420 g/mol. The smallest absolute Gasteiger partial charge is 0.412 e. The number of benzene rings is 1. The van der Waals surface area contributed by atoms with Crippen LogP contribution in [0.2, 0.25) is 0 Å². The number of ether oxygens (including phenoxy) is 1. The van der Waals surface area contributed by atoms with Gasteiger partial charge in [0.25, 0.3) is 5.91 Å². The van der Waals surface area contributed by atoms with Crippen molar-refractivity contribution >= 4 is 34.7 Å². The molecular weight excluding hydrogens is 403 g/mol. The van der Waals surface area contributed by atoms with Gasteiger partial charge in [0.15, 0.2) is 5.65 Å². The zero-order valence-corrected chi connectivity index (χ0v) is 16.6. The molecule has 0 radical (unpaired) electrons. The van der Waals surface area contributed by atoms with Crippen molar-refractivity contribution in [1.82, 2.24) is 19.5 Å². The molecular formula is C21H17FN6O3. The zero-order chi connectivity index (χ0) is 22.0. The quantitative estimate of drug-likeness (QED) is 0.543. The molecule has 3 aromatic heterocycles. The zero-order valence-electron chi connectivity index (χ0n) is 16.6. The van der Waals surface area contributed by atoms with Crippen molar-refractivity contribution in [2.45, 2.75) is 0 Å². The van der Waals surface area contributed by atoms with Gasteiger partial charge in [-0.1, -0.05) is 0 Å². The van der Waals surface area contributed by atoms with Gasteiger partial charge in [-0.3, -0.25) is 14.7 Å². The number of fused-ring (bicyclic) bond motifs is 1. The molecule has 2 amide bonds. The van der Waals surface area contributed by atoms with E-state index in [1.54, 1.807) is 42.2 Å². The third kappa shape index (κ3) is 4.04. The molecule has 1 aromatic carbocycles. The van der Waals surface area contributed by atoms with Gasteiger partial charge in [0, 0.05) is 12.7 Å². The Kier molecular flexibility index (Phi) is 5.27. The van der Waals surface area contributed by atoms with Gasteiger partial charge >= 0.3 is 6.09 Å². The number of pyridine rings is 2. The Balaban J connectivity index is 1.64. The molecule has 0 saturated heterocycles. The fourth-order valence-corrected chi connectivity index (χ4v) is 2.91. The SMILES string of the molecule is COC(=O)Nc1ccc(-n2cnc3ccc(C(=O)N(C)c4ccc(F)cc4)nc32)cn1. The first kappa shape index (κ1) is 20.0. The van der Waals surface area contributed by atoms with Crippen LogP contribution >= 0.6 is 0 Å². The van der Waals surface area contributed by atoms with Crippen LogP contribution in [0, 0.1) is 5.82 Å². The third-order valence-electron chi connectivity index (χ3n) is 4.57. The van der Waals surface area contributed by atoms with Gasteiger partial charge in [0.1, 0.15) is 29.2 Å². The summed E-state index contributed by atoms with van der Waals surface area (Å²) in [6, 6.07) is 12.2. The maximum atomic E-state index is 13.2. The summed E-state index contributed by atoms with van der Waals surface area (Å²) >= 11 is 0. The van der Waals surface area contributed by atoms with Crippen LogP contribution in [0.15, 0.2) is 61.1 Å². The number of nitrogens with one attached hydrogen (secondary N) is 1. The molecule has 0 aliphatic rings. The number of methoxy groups -OCH3 is 1. The lowest BCUT2D eigenvalue weighted by Gasteiger charge is -2.17. The number of imidazole rings is 1. The van der Waals surface area contributed by atoms with Crippen molar-refractivity contribution in [3.63, 3.8) is 0 Å². The van der Waals surface area contributed by atoms with Crippen LogP contribution in [0.5, 0.6) is 0 Å². The van der Waals surface area contributed by atoms with E-state index in [1.165, 1.54) is 42.5 Å². The van der Waals surface area contributed by atoms with Gasteiger partial charge in [-0.2, -0.15) is 0 Å². The van der Waals surface area contributed by atoms with Crippen LogP contribution < -0.4 is 10.2 Å². The van der Waals surface area contributed by atoms with E-state index in [0.717, 1.165) is 0 Å². The van der Waals surface area contributed by atoms with Gasteiger partial charge in [0.05, 0.1) is 19.0 Å². The highest BCUT2D eigenvalue weighted by Crippen LogP contribution is 2.20. The van der Waals surface area contributed by atoms with Crippen molar-refractivity contribution in [2.75, 3.05) is 24.4 Å². The predicted octanol–water partition coefficient (Wildman–Crippen LogP) is 3.41. The largest absolute Gasteiger partial charge is 0.453 e. The molecule has 0 atom stereocenters. The van der Waals surface area contributed by atoms with Crippen molar-refractivity contribution in [1.29, 1.82) is 0 Å². The second kappa shape index (κ2) is 8.19. The summed E-state index contributed by atoms with van der Waals surface area (Å²) in [4.78, 5) is 38.5. The van der Waals surface area contributed by atoms with E-state index in [4.69, 9.17) is 0 Å². The summed E-state index contributed by atoms with van der Waals surface area (Å²) in [7, 11) is 2.86. The minimum absolute atomic E-state index is 0.206. The molecule has 0 bridgehead atoms. The first-order chi connectivity index (χ1) is 15.0. The summed E-state index contributed by atoms with van der Waals surface area (Å²) < 4.78 is 19.4. The van der Waals surface area contributed by atoms with Gasteiger partial charge in [-0.25, -0.2) is 24.1 Å². The topological polar surface area (TPSA) is 102 Å². The normalized spacial score (nSPS) is 10.7. The maximum absolute atomic E-state index is 13.2. The average Bonchev–Trinajstić information content (AvgIpc) is 3.22. The number of hydrogen-bond donors (Lipinski definition) is 1. The Morgan fingerprint density at radius 1 is 1.06 bits per heavy atom. The van der Waals surface area contributed by atoms with Crippen molar-refractivity contribution in [3.05, 3.63) is 72.6 Å². The first-order valence-corrected chi connectivity index (χ1v) is 9.15. The highest BCUT2D eigenvalue weighted by molar-refractivity contribution is 6.05. The van der Waals surface area contributed by atoms with Gasteiger partial charge in [-0.15, -0.1) is 0 Å². The van der Waals surface area contributed by atoms with Crippen LogP contribution in [0.4, 0.5) is 20.7 Å². The number of carbonyl (C=O) groups is 2. The van der Waals surface area contributed by atoms with Crippen LogP contribution in [0.25, 0.3) is 16.9 Å². The van der Waals surface area contributed by atoms with E-state index in [1.807, 2.05) is 0 Å². The maximum Gasteiger partial charge on any atom is 0.412 e. The molecule has 10 heteroatoms. The lowest BCUT2D eigenvalue weighted by molar-refractivity contribution is 0.0988. The standard InChI is InChI=1S/C21H17FN6O3/c1-27(14-5-3-13(22)4-6-14)20(29)17-9-8-16-19(25-17)28(12-24-16)15-7-10-18(23-11-15)26-21(30)31-2/h3-12H,1-2H3,(H,23,26,30). The van der Waals surface area contributed by atoms with Crippen molar-refractivity contribution in [3.8, 4) is 5.69 Å². The number of halogens is 1. The lowest BCUT2D eigenvalue weighted by atomic mass is 10.2. The minimum atomic E-state index is -0.622. The summed E-state index contributed by atoms with van der Waals surface area (Å²) in [5.41, 5.74) is 2.45. The molecule has 31 heavy (non-hydrogen) atoms. The molecule has 4 rings (SSSR count). The predicted molar refractivity (Wildman–Crippen MR) is 112 cm³/mol. The van der Waals surface area contributed by atoms with E-state index in [2.05, 4.69) is 25.0 Å². The fraction of sp³-hybridized carbons (Fsp3) is 0.0952. The van der Waals surface area contributed by atoms with E-state index < -0.39 is 6.09 Å². The Labute approximate surface area is 176 Å². The Morgan fingerprint density at radius 2 is 1.84 bits per heavy atom. The van der Waals surface area contributed by atoms with Gasteiger partial charge in [-0.05, 0) is 48.5 Å². The van der Waals surface area contributed by atoms with E-state index in [9.17, 15) is 14.0 Å². The Hall–Kier alpha value is -4.34. The molecule has 1 N–H and O–H groups in total. The van der Waals surface area contributed by atoms with E-state index in [-0.39, 0.29) is 17.4 Å². The Morgan fingerprint density at radius 3 is 2.52 bits per heavy atom. The first-order valence-electron chi connectivity index (χ1n) is 9.15. The van der Waals surface area contributed by atoms with Crippen LogP contribution in [0.3, 0.4) is 0 Å². The van der Waals surface area contributed by atoms with Gasteiger partial charge < -0.3 is 9.64 Å². The molecule has 9 nitrogen and oxygen atoms in total. The summed E-state index contributed by atoms with van der Waals surface area (Å²) in [5, 5.41) is 2.47. The molecule has 0 unspecified atom stereocenters. The second-order valence-electron chi connectivity index (χ2n) is 6.51. The number of rotatable bonds is 4. The van der Waals surface area contributed by atoms with Crippen molar-refractivity contribution in [2.24, 2.45) is 0 Å². The molecule has 0 aliphatic heterocycles. The number of aromatic nitrogens is 4. The molecule has 0 saturated carbocycles. The van der Waals surface area contributed by atoms with Crippen LogP contribution in [-0.2, 0) is 4.74 Å². The summed E-state index contributed by atoms with van der Waals surface area (Å²) in [5.74, 6) is -0.406. The summed E-state index contributed by atoms with van der Waals surface area (Å²) in [6.07, 6.45) is 2.48. The number of carbonyl (C=O) groups excluding carboxylic acids is 2. The van der Waals surface area contributed by atoms with Crippen LogP contribution in [-0.4, -0.2) is 45.7 Å². The molecule has 4 aromatic rings. The summed E-state index contributed by atoms with van der Waals surface area (Å²) in [6.45, 7) is 0. The minimum Gasteiger partial charge on any atom is -0.453 e. The highest BCUT2D eigenvalue weighted by atomic mass is 19.1. The fourth-order valence-electron chi connectivity index (χ4n) is 2.91. The molecule has 0 fully saturated rings. The van der Waals surface area contributed by atoms with Crippen LogP contribution in [0.1, 0.15) is 10.5 Å². The van der Waals surface area contributed by atoms with Crippen molar-refractivity contribution < 1.29 is 18.7 Å². The van der Waals surface area contributed by atoms with E-state index >= 15 is 0 Å². The molecule has 156 valence electrons. The Bertz CT molecular complexity index is 1250. The third-order valence-corrected chi connectivity index (χ3v) is 4.57. The molecule has 0 spiro atoms. The average molecular weight is 420 g/mol. The van der Waals surface area contributed by atoms with E-state index in [0.29, 0.717) is 28.4 Å². The van der Waals surface area contributed by atoms with Gasteiger partial charge in [0.2, 0.25) is 0 Å². The number of amides is 2.